The molecule has 8 aromatic carbocycles. The van der Waals surface area contributed by atoms with Gasteiger partial charge in [0.1, 0.15) is 5.82 Å². The molecule has 0 N–H and O–H groups in total. The minimum Gasteiger partial charge on any atom is -0.509 e. The van der Waals surface area contributed by atoms with Gasteiger partial charge in [-0.05, 0) is 85.5 Å². The summed E-state index contributed by atoms with van der Waals surface area (Å²) in [6.45, 7) is 29.9. The first-order chi connectivity index (χ1) is 37.2. The van der Waals surface area contributed by atoms with E-state index < -0.39 is 10.8 Å². The van der Waals surface area contributed by atoms with Crippen molar-refractivity contribution in [2.24, 2.45) is 0 Å². The first-order valence-corrected chi connectivity index (χ1v) is 27.4. The first-order valence-electron chi connectivity index (χ1n) is 27.4. The Bertz CT molecular complexity index is 3840. The molecule has 0 saturated heterocycles. The Labute approximate surface area is 483 Å². The molecule has 2 aromatic heterocycles. The number of allylic oxidation sites excluding steroid dienone is 2. The smallest absolute Gasteiger partial charge is 0.135 e. The van der Waals surface area contributed by atoms with Crippen LogP contribution in [0.15, 0.2) is 218 Å². The molecule has 10 aromatic rings. The van der Waals surface area contributed by atoms with Gasteiger partial charge in [0.25, 0.3) is 0 Å². The monoisotopic (exact) mass is 1210 g/mol. The number of fused-ring (bicyclic) bond motifs is 3. The molecule has 1 aliphatic rings. The van der Waals surface area contributed by atoms with Crippen molar-refractivity contribution in [3.05, 3.63) is 270 Å². The normalized spacial score (nSPS) is 13.6. The minimum absolute atomic E-state index is 0. The van der Waals surface area contributed by atoms with Gasteiger partial charge in [-0.2, -0.15) is 6.07 Å². The van der Waals surface area contributed by atoms with Crippen molar-refractivity contribution in [1.29, 1.82) is 0 Å². The van der Waals surface area contributed by atoms with Crippen molar-refractivity contribution in [2.45, 2.75) is 110 Å². The number of nitrogens with zero attached hydrogens (tertiary/aromatic N) is 4. The molecule has 0 bridgehead atoms. The van der Waals surface area contributed by atoms with Crippen LogP contribution in [0.3, 0.4) is 0 Å². The third kappa shape index (κ3) is 10.4. The number of pyridine rings is 1. The van der Waals surface area contributed by atoms with Crippen LogP contribution in [-0.2, 0) is 48.1 Å². The third-order valence-electron chi connectivity index (χ3n) is 16.2. The van der Waals surface area contributed by atoms with E-state index >= 15 is 0 Å². The summed E-state index contributed by atoms with van der Waals surface area (Å²) in [7, 11) is 0. The molecule has 0 atom stereocenters. The number of ether oxygens (including phenoxy) is 1. The Hall–Kier alpha value is -7.46. The van der Waals surface area contributed by atoms with E-state index in [-0.39, 0.29) is 37.3 Å². The van der Waals surface area contributed by atoms with E-state index in [2.05, 4.69) is 316 Å². The van der Waals surface area contributed by atoms with Crippen LogP contribution >= 0.6 is 0 Å². The van der Waals surface area contributed by atoms with E-state index in [0.717, 1.165) is 55.8 Å². The van der Waals surface area contributed by atoms with E-state index in [0.29, 0.717) is 11.5 Å². The SMILES string of the molecule is CC(C)(C)c1cccc(N2[CH-]N(c3[c-]c(Oc4[c-]c5c(cc4)c4cc(C(C)(C)C)ccc4n5-c4cc(C(C)(C)c5ccccc5)ccn4)cc(-c4ccccc4)c3)C(C(C)(C)c3ccccc3)=C2C(C)(C)c2ccccc2)c1.[Pt]. The number of benzene rings is 8. The molecule has 0 radical (unpaired) electrons. The van der Waals surface area contributed by atoms with E-state index in [4.69, 9.17) is 9.72 Å². The van der Waals surface area contributed by atoms with E-state index in [9.17, 15) is 0 Å². The molecule has 0 aliphatic carbocycles. The summed E-state index contributed by atoms with van der Waals surface area (Å²) in [4.78, 5) is 9.90. The molecule has 1 aliphatic heterocycles. The Morgan fingerprint density at radius 2 is 0.962 bits per heavy atom. The topological polar surface area (TPSA) is 33.5 Å². The zero-order valence-corrected chi connectivity index (χ0v) is 50.0. The fourth-order valence-electron chi connectivity index (χ4n) is 11.4. The fourth-order valence-corrected chi connectivity index (χ4v) is 11.4. The molecule has 6 heteroatoms. The molecule has 0 amide bonds. The summed E-state index contributed by atoms with van der Waals surface area (Å²) in [5, 5.41) is 2.22. The van der Waals surface area contributed by atoms with Crippen molar-refractivity contribution in [1.82, 2.24) is 9.55 Å². The quantitative estimate of drug-likeness (QED) is 0.114. The van der Waals surface area contributed by atoms with Crippen LogP contribution in [0.25, 0.3) is 38.8 Å². The Morgan fingerprint density at radius 1 is 0.418 bits per heavy atom. The average molecular weight is 1220 g/mol. The van der Waals surface area contributed by atoms with E-state index in [1.165, 1.54) is 39.1 Å². The van der Waals surface area contributed by atoms with Crippen LogP contribution in [0, 0.1) is 18.8 Å². The van der Waals surface area contributed by atoms with Gasteiger partial charge < -0.3 is 19.1 Å². The summed E-state index contributed by atoms with van der Waals surface area (Å²) < 4.78 is 9.42. The second-order valence-electron chi connectivity index (χ2n) is 24.7. The zero-order valence-electron chi connectivity index (χ0n) is 47.7. The van der Waals surface area contributed by atoms with Crippen LogP contribution < -0.4 is 14.5 Å². The van der Waals surface area contributed by atoms with E-state index in [1.807, 2.05) is 6.20 Å². The van der Waals surface area contributed by atoms with Gasteiger partial charge in [-0.15, -0.1) is 53.6 Å². The second-order valence-corrected chi connectivity index (χ2v) is 24.7. The van der Waals surface area contributed by atoms with Gasteiger partial charge in [-0.25, -0.2) is 4.98 Å². The van der Waals surface area contributed by atoms with Crippen LogP contribution in [-0.4, -0.2) is 9.55 Å². The number of hydrogen-bond donors (Lipinski definition) is 0. The summed E-state index contributed by atoms with van der Waals surface area (Å²) >= 11 is 0. The molecule has 0 spiro atoms. The van der Waals surface area contributed by atoms with Crippen molar-refractivity contribution in [3.8, 4) is 28.4 Å². The Morgan fingerprint density at radius 3 is 1.56 bits per heavy atom. The van der Waals surface area contributed by atoms with Crippen LogP contribution in [0.5, 0.6) is 11.5 Å². The van der Waals surface area contributed by atoms with Crippen LogP contribution in [0.1, 0.15) is 116 Å². The van der Waals surface area contributed by atoms with Gasteiger partial charge in [0.2, 0.25) is 0 Å². The predicted molar refractivity (Wildman–Crippen MR) is 326 cm³/mol. The summed E-state index contributed by atoms with van der Waals surface area (Å²) in [5.74, 6) is 1.98. The van der Waals surface area contributed by atoms with Crippen LogP contribution in [0.4, 0.5) is 11.4 Å². The standard InChI is InChI=1S/C73H71N4O.Pt/c1-69(2,3)55-34-25-35-58(44-55)75-49-76(68(73(11,12)54-32-23-16-24-33-54)67(75)72(9,10)53-30-21-15-22-31-53)59-42-51(50-26-17-13-18-27-50)43-61(47-59)78-60-37-38-62-63-45-56(70(4,5)6)36-39-64(63)77(65(62)48-60)66-46-57(40-41-74-66)71(7,8)52-28-19-14-20-29-52;/h13-46,49H,1-12H3;/q-3;. The molecular weight excluding hydrogens is 1140 g/mol. The van der Waals surface area contributed by atoms with E-state index in [1.54, 1.807) is 0 Å². The molecule has 402 valence electrons. The summed E-state index contributed by atoms with van der Waals surface area (Å²) in [6.07, 6.45) is 1.94. The van der Waals surface area contributed by atoms with Crippen molar-refractivity contribution < 1.29 is 25.8 Å². The largest absolute Gasteiger partial charge is 0.509 e. The predicted octanol–water partition coefficient (Wildman–Crippen LogP) is 18.8. The molecule has 3 heterocycles. The first kappa shape index (κ1) is 54.9. The minimum atomic E-state index is -0.506. The van der Waals surface area contributed by atoms with Gasteiger partial charge >= 0.3 is 0 Å². The second kappa shape index (κ2) is 21.0. The van der Waals surface area contributed by atoms with Gasteiger partial charge in [-0.1, -0.05) is 234 Å². The molecule has 11 rings (SSSR count). The summed E-state index contributed by atoms with van der Waals surface area (Å²) in [5.41, 5.74) is 14.3. The maximum Gasteiger partial charge on any atom is 0.135 e. The number of hydrogen-bond acceptors (Lipinski definition) is 4. The average Bonchev–Trinajstić information content (AvgIpc) is 4.05. The number of anilines is 2. The maximum absolute atomic E-state index is 7.17. The molecular formula is C73H71N4OPt-3. The molecule has 5 nitrogen and oxygen atoms in total. The van der Waals surface area contributed by atoms with Gasteiger partial charge in [0, 0.05) is 77.6 Å². The number of rotatable bonds is 12. The molecule has 0 unspecified atom stereocenters. The van der Waals surface area contributed by atoms with Crippen molar-refractivity contribution in [2.75, 3.05) is 9.80 Å². The zero-order chi connectivity index (χ0) is 54.8. The van der Waals surface area contributed by atoms with Gasteiger partial charge in [-0.3, -0.25) is 0 Å². The third-order valence-corrected chi connectivity index (χ3v) is 16.2. The molecule has 79 heavy (non-hydrogen) atoms. The summed E-state index contributed by atoms with van der Waals surface area (Å²) in [6, 6.07) is 79.7. The maximum atomic E-state index is 7.17. The van der Waals surface area contributed by atoms with Crippen molar-refractivity contribution >= 4 is 33.2 Å². The van der Waals surface area contributed by atoms with Gasteiger partial charge in [0.15, 0.2) is 0 Å². The molecule has 0 fully saturated rings. The van der Waals surface area contributed by atoms with Crippen LogP contribution in [0.2, 0.25) is 0 Å². The van der Waals surface area contributed by atoms with Crippen molar-refractivity contribution in [3.63, 3.8) is 0 Å². The Balaban J connectivity index is 0.00000704. The molecule has 0 saturated carbocycles. The number of aromatic nitrogens is 2. The Kier molecular flexibility index (Phi) is 14.6. The fraction of sp³-hybridized carbons (Fsp3) is 0.233. The van der Waals surface area contributed by atoms with Gasteiger partial charge in [0.05, 0.1) is 0 Å².